The van der Waals surface area contributed by atoms with E-state index in [-0.39, 0.29) is 18.2 Å². The van der Waals surface area contributed by atoms with Gasteiger partial charge in [-0.05, 0) is 57.6 Å². The molecule has 0 aliphatic rings. The Bertz CT molecular complexity index is 832. The van der Waals surface area contributed by atoms with Gasteiger partial charge >= 0.3 is 0 Å². The minimum atomic E-state index is 0. The van der Waals surface area contributed by atoms with Gasteiger partial charge in [0.05, 0.1) is 10.0 Å². The molecule has 122 valence electrons. The number of nitrogens with zero attached hydrogens (tertiary/aromatic N) is 1. The van der Waals surface area contributed by atoms with Crippen molar-refractivity contribution < 1.29 is 9.52 Å². The van der Waals surface area contributed by atoms with Crippen molar-refractivity contribution in [2.75, 3.05) is 14.1 Å². The number of halogens is 3. The van der Waals surface area contributed by atoms with E-state index in [4.69, 9.17) is 4.42 Å². The molecule has 0 aliphatic carbocycles. The maximum Gasteiger partial charge on any atom is 0.178 e. The first-order valence-corrected chi connectivity index (χ1v) is 8.40. The summed E-state index contributed by atoms with van der Waals surface area (Å²) in [5.41, 5.74) is 3.55. The van der Waals surface area contributed by atoms with Crippen molar-refractivity contribution in [3.8, 4) is 16.9 Å². The van der Waals surface area contributed by atoms with Gasteiger partial charge in [-0.1, -0.05) is 30.3 Å². The molecule has 0 aliphatic heterocycles. The van der Waals surface area contributed by atoms with Crippen LogP contribution in [-0.4, -0.2) is 24.1 Å². The topological polar surface area (TPSA) is 36.6 Å². The first-order chi connectivity index (χ1) is 10.5. The Labute approximate surface area is 158 Å². The molecule has 23 heavy (non-hydrogen) atoms. The molecule has 3 aromatic rings. The lowest BCUT2D eigenvalue weighted by atomic mass is 10.0. The number of furan rings is 1. The molecule has 3 rings (SSSR count). The third-order valence-electron chi connectivity index (χ3n) is 3.50. The smallest absolute Gasteiger partial charge is 0.178 e. The predicted octanol–water partition coefficient (Wildman–Crippen LogP) is 5.81. The van der Waals surface area contributed by atoms with Crippen LogP contribution in [0.1, 0.15) is 5.56 Å². The van der Waals surface area contributed by atoms with Gasteiger partial charge in [0.15, 0.2) is 4.67 Å². The first kappa shape index (κ1) is 18.3. The van der Waals surface area contributed by atoms with Crippen molar-refractivity contribution in [3.63, 3.8) is 0 Å². The van der Waals surface area contributed by atoms with E-state index in [1.54, 1.807) is 0 Å². The molecule has 0 bridgehead atoms. The summed E-state index contributed by atoms with van der Waals surface area (Å²) in [7, 11) is 3.92. The van der Waals surface area contributed by atoms with Gasteiger partial charge in [0.25, 0.3) is 0 Å². The molecule has 6 heteroatoms. The zero-order valence-corrected chi connectivity index (χ0v) is 16.6. The summed E-state index contributed by atoms with van der Waals surface area (Å²) in [6.45, 7) is 0.593. The van der Waals surface area contributed by atoms with Crippen LogP contribution in [0.4, 0.5) is 0 Å². The molecular formula is C17H16Br2ClNO2. The Morgan fingerprint density at radius 1 is 1.13 bits per heavy atom. The molecule has 0 unspecified atom stereocenters. The molecule has 1 N–H and O–H groups in total. The van der Waals surface area contributed by atoms with Crippen LogP contribution in [-0.2, 0) is 6.54 Å². The highest BCUT2D eigenvalue weighted by atomic mass is 79.9. The molecule has 0 spiro atoms. The van der Waals surface area contributed by atoms with Crippen molar-refractivity contribution in [3.05, 3.63) is 51.1 Å². The first-order valence-electron chi connectivity index (χ1n) is 6.81. The Hall–Kier alpha value is -1.01. The van der Waals surface area contributed by atoms with E-state index < -0.39 is 0 Å². The molecule has 1 heterocycles. The second kappa shape index (κ2) is 7.26. The number of rotatable bonds is 3. The molecule has 3 nitrogen and oxygen atoms in total. The van der Waals surface area contributed by atoms with E-state index in [1.807, 2.05) is 55.4 Å². The zero-order chi connectivity index (χ0) is 15.9. The van der Waals surface area contributed by atoms with Crippen molar-refractivity contribution in [1.29, 1.82) is 0 Å². The minimum absolute atomic E-state index is 0. The van der Waals surface area contributed by atoms with Crippen LogP contribution in [0.15, 0.2) is 50.0 Å². The highest BCUT2D eigenvalue weighted by Crippen LogP contribution is 2.44. The fourth-order valence-electron chi connectivity index (χ4n) is 2.56. The molecule has 0 radical (unpaired) electrons. The van der Waals surface area contributed by atoms with E-state index in [9.17, 15) is 5.11 Å². The Morgan fingerprint density at radius 3 is 2.39 bits per heavy atom. The highest BCUT2D eigenvalue weighted by molar-refractivity contribution is 9.10. The molecule has 0 fully saturated rings. The van der Waals surface area contributed by atoms with Gasteiger partial charge in [0.2, 0.25) is 0 Å². The zero-order valence-electron chi connectivity index (χ0n) is 12.6. The van der Waals surface area contributed by atoms with E-state index in [0.29, 0.717) is 21.3 Å². The summed E-state index contributed by atoms with van der Waals surface area (Å²) in [6.07, 6.45) is 0. The maximum atomic E-state index is 10.4. The van der Waals surface area contributed by atoms with Crippen LogP contribution in [0.25, 0.3) is 22.1 Å². The summed E-state index contributed by atoms with van der Waals surface area (Å²) in [6, 6.07) is 12.0. The van der Waals surface area contributed by atoms with Crippen LogP contribution < -0.4 is 0 Å². The van der Waals surface area contributed by atoms with E-state index in [2.05, 4.69) is 31.9 Å². The van der Waals surface area contributed by atoms with Gasteiger partial charge < -0.3 is 14.4 Å². The molecule has 2 aromatic carbocycles. The SMILES string of the molecule is CN(C)Cc1c(O)c(Br)cc2c(-c3ccccc3)c(Br)oc12.Cl. The summed E-state index contributed by atoms with van der Waals surface area (Å²) in [5.74, 6) is 0.224. The van der Waals surface area contributed by atoms with Crippen molar-refractivity contribution >= 4 is 55.2 Å². The van der Waals surface area contributed by atoms with Crippen LogP contribution in [0.5, 0.6) is 5.75 Å². The van der Waals surface area contributed by atoms with E-state index in [0.717, 1.165) is 22.1 Å². The average molecular weight is 462 g/mol. The Balaban J connectivity index is 0.00000192. The van der Waals surface area contributed by atoms with Gasteiger partial charge in [-0.15, -0.1) is 12.4 Å². The van der Waals surface area contributed by atoms with Gasteiger partial charge in [-0.3, -0.25) is 0 Å². The third kappa shape index (κ3) is 3.43. The number of phenols is 1. The summed E-state index contributed by atoms with van der Waals surface area (Å²) >= 11 is 6.97. The van der Waals surface area contributed by atoms with Gasteiger partial charge in [-0.25, -0.2) is 0 Å². The monoisotopic (exact) mass is 459 g/mol. The van der Waals surface area contributed by atoms with Crippen LogP contribution in [0, 0.1) is 0 Å². The van der Waals surface area contributed by atoms with Crippen LogP contribution in [0.3, 0.4) is 0 Å². The minimum Gasteiger partial charge on any atom is -0.506 e. The van der Waals surface area contributed by atoms with Gasteiger partial charge in [-0.2, -0.15) is 0 Å². The lowest BCUT2D eigenvalue weighted by Crippen LogP contribution is -2.11. The number of hydrogen-bond donors (Lipinski definition) is 1. The molecule has 0 atom stereocenters. The van der Waals surface area contributed by atoms with Crippen molar-refractivity contribution in [1.82, 2.24) is 4.90 Å². The number of phenolic OH excluding ortho intramolecular Hbond substituents is 1. The summed E-state index contributed by atoms with van der Waals surface area (Å²) in [5, 5.41) is 11.3. The molecule has 1 aromatic heterocycles. The molecule has 0 saturated heterocycles. The van der Waals surface area contributed by atoms with Gasteiger partial charge in [0.1, 0.15) is 11.3 Å². The lowest BCUT2D eigenvalue weighted by Gasteiger charge is -2.12. The maximum absolute atomic E-state index is 10.4. The predicted molar refractivity (Wildman–Crippen MR) is 103 cm³/mol. The molecule has 0 amide bonds. The normalized spacial score (nSPS) is 11.0. The van der Waals surface area contributed by atoms with E-state index >= 15 is 0 Å². The largest absolute Gasteiger partial charge is 0.506 e. The average Bonchev–Trinajstić information content (AvgIpc) is 2.80. The fourth-order valence-corrected chi connectivity index (χ4v) is 3.63. The summed E-state index contributed by atoms with van der Waals surface area (Å²) in [4.78, 5) is 2.00. The molecule has 0 saturated carbocycles. The fraction of sp³-hybridized carbons (Fsp3) is 0.176. The Morgan fingerprint density at radius 2 is 1.78 bits per heavy atom. The second-order valence-corrected chi connectivity index (χ2v) is 6.99. The van der Waals surface area contributed by atoms with Crippen molar-refractivity contribution in [2.24, 2.45) is 0 Å². The highest BCUT2D eigenvalue weighted by Gasteiger charge is 2.21. The van der Waals surface area contributed by atoms with Crippen LogP contribution >= 0.6 is 44.3 Å². The molecular weight excluding hydrogens is 445 g/mol. The number of fused-ring (bicyclic) bond motifs is 1. The quantitative estimate of drug-likeness (QED) is 0.535. The Kier molecular flexibility index (Phi) is 5.79. The van der Waals surface area contributed by atoms with Gasteiger partial charge in [0, 0.05) is 17.5 Å². The number of benzene rings is 2. The van der Waals surface area contributed by atoms with Crippen LogP contribution in [0.2, 0.25) is 0 Å². The van der Waals surface area contributed by atoms with E-state index in [1.165, 1.54) is 0 Å². The number of hydrogen-bond acceptors (Lipinski definition) is 3. The lowest BCUT2D eigenvalue weighted by molar-refractivity contribution is 0.383. The third-order valence-corrected chi connectivity index (χ3v) is 4.66. The number of aromatic hydroxyl groups is 1. The standard InChI is InChI=1S/C17H15Br2NO2.ClH/c1-20(2)9-12-15(21)13(18)8-11-14(17(19)22-16(11)12)10-6-4-3-5-7-10;/h3-8,21H,9H2,1-2H3;1H. The van der Waals surface area contributed by atoms with Crippen molar-refractivity contribution in [2.45, 2.75) is 6.54 Å². The second-order valence-electron chi connectivity index (χ2n) is 5.42. The summed E-state index contributed by atoms with van der Waals surface area (Å²) < 4.78 is 7.27.